The lowest BCUT2D eigenvalue weighted by molar-refractivity contribution is 0.0951. The zero-order valence-electron chi connectivity index (χ0n) is 10.1. The van der Waals surface area contributed by atoms with E-state index in [-0.39, 0.29) is 17.2 Å². The van der Waals surface area contributed by atoms with Gasteiger partial charge in [-0.2, -0.15) is 0 Å². The molecule has 5 nitrogen and oxygen atoms in total. The highest BCUT2D eigenvalue weighted by molar-refractivity contribution is 6.30. The smallest absolute Gasteiger partial charge is 0.255 e. The van der Waals surface area contributed by atoms with E-state index in [0.717, 1.165) is 0 Å². The van der Waals surface area contributed by atoms with Crippen molar-refractivity contribution < 1.29 is 15.0 Å². The molecule has 0 saturated carbocycles. The lowest BCUT2D eigenvalue weighted by Crippen LogP contribution is -2.34. The summed E-state index contributed by atoms with van der Waals surface area (Å²) in [6.45, 7) is 3.11. The molecule has 1 unspecified atom stereocenters. The van der Waals surface area contributed by atoms with Gasteiger partial charge >= 0.3 is 0 Å². The summed E-state index contributed by atoms with van der Waals surface area (Å²) < 4.78 is 0. The van der Waals surface area contributed by atoms with Crippen molar-refractivity contribution in [3.63, 3.8) is 0 Å². The molecular formula is C12H17ClN2O3. The third-order valence-corrected chi connectivity index (χ3v) is 2.47. The number of amides is 1. The second-order valence-corrected chi connectivity index (χ2v) is 4.41. The minimum Gasteiger partial charge on any atom is -0.507 e. The van der Waals surface area contributed by atoms with Crippen LogP contribution in [0.1, 0.15) is 17.3 Å². The van der Waals surface area contributed by atoms with Gasteiger partial charge in [-0.15, -0.1) is 0 Å². The van der Waals surface area contributed by atoms with Crippen molar-refractivity contribution in [1.29, 1.82) is 0 Å². The Balaban J connectivity index is 2.36. The van der Waals surface area contributed by atoms with Crippen molar-refractivity contribution in [3.8, 4) is 5.75 Å². The van der Waals surface area contributed by atoms with Crippen LogP contribution in [0.25, 0.3) is 0 Å². The van der Waals surface area contributed by atoms with E-state index in [9.17, 15) is 9.90 Å². The Labute approximate surface area is 111 Å². The number of rotatable bonds is 6. The number of hydrogen-bond donors (Lipinski definition) is 4. The number of nitrogens with one attached hydrogen (secondary N) is 2. The maximum absolute atomic E-state index is 11.7. The van der Waals surface area contributed by atoms with Gasteiger partial charge in [0.1, 0.15) is 5.75 Å². The minimum atomic E-state index is -0.416. The monoisotopic (exact) mass is 272 g/mol. The molecule has 0 saturated heterocycles. The number of carbonyl (C=O) groups is 1. The van der Waals surface area contributed by atoms with Crippen molar-refractivity contribution in [2.75, 3.05) is 19.6 Å². The molecule has 1 rings (SSSR count). The molecule has 100 valence electrons. The summed E-state index contributed by atoms with van der Waals surface area (Å²) in [5.41, 5.74) is 0.190. The first kappa shape index (κ1) is 14.8. The maximum atomic E-state index is 11.7. The Kier molecular flexibility index (Phi) is 5.91. The van der Waals surface area contributed by atoms with Crippen LogP contribution in [0.4, 0.5) is 0 Å². The largest absolute Gasteiger partial charge is 0.507 e. The van der Waals surface area contributed by atoms with Gasteiger partial charge in [0.25, 0.3) is 5.91 Å². The van der Waals surface area contributed by atoms with E-state index in [1.54, 1.807) is 13.0 Å². The molecule has 18 heavy (non-hydrogen) atoms. The molecule has 1 amide bonds. The Morgan fingerprint density at radius 1 is 1.44 bits per heavy atom. The van der Waals surface area contributed by atoms with Crippen LogP contribution in [-0.2, 0) is 0 Å². The van der Waals surface area contributed by atoms with E-state index >= 15 is 0 Å². The molecule has 1 atom stereocenters. The summed E-state index contributed by atoms with van der Waals surface area (Å²) in [5, 5.41) is 24.5. The summed E-state index contributed by atoms with van der Waals surface area (Å²) in [5.74, 6) is -0.500. The van der Waals surface area contributed by atoms with Crippen LogP contribution in [0.15, 0.2) is 18.2 Å². The number of carbonyl (C=O) groups excluding carboxylic acids is 1. The highest BCUT2D eigenvalue weighted by Crippen LogP contribution is 2.21. The molecule has 0 radical (unpaired) electrons. The molecule has 0 aliphatic heterocycles. The second kappa shape index (κ2) is 7.20. The first-order valence-electron chi connectivity index (χ1n) is 5.66. The molecule has 6 heteroatoms. The molecule has 0 bridgehead atoms. The number of aliphatic hydroxyl groups excluding tert-OH is 1. The van der Waals surface area contributed by atoms with E-state index in [0.29, 0.717) is 24.7 Å². The first-order chi connectivity index (χ1) is 8.50. The number of phenols is 1. The van der Waals surface area contributed by atoms with Gasteiger partial charge in [-0.25, -0.2) is 0 Å². The van der Waals surface area contributed by atoms with Gasteiger partial charge in [0.2, 0.25) is 0 Å². The number of aliphatic hydroxyl groups is 1. The Bertz CT molecular complexity index is 410. The van der Waals surface area contributed by atoms with Crippen molar-refractivity contribution in [1.82, 2.24) is 10.6 Å². The number of halogens is 1. The SMILES string of the molecule is CC(O)CNCCNC(=O)c1ccc(Cl)cc1O. The zero-order valence-corrected chi connectivity index (χ0v) is 10.9. The summed E-state index contributed by atoms with van der Waals surface area (Å²) in [7, 11) is 0. The quantitative estimate of drug-likeness (QED) is 0.576. The topological polar surface area (TPSA) is 81.6 Å². The standard InChI is InChI=1S/C12H17ClN2O3/c1-8(16)7-14-4-5-15-12(18)10-3-2-9(13)6-11(10)17/h2-3,6,8,14,16-17H,4-5,7H2,1H3,(H,15,18). The molecular weight excluding hydrogens is 256 g/mol. The number of phenolic OH excluding ortho intramolecular Hbond substituents is 1. The maximum Gasteiger partial charge on any atom is 0.255 e. The number of hydrogen-bond acceptors (Lipinski definition) is 4. The third kappa shape index (κ3) is 4.91. The predicted molar refractivity (Wildman–Crippen MR) is 70.0 cm³/mol. The van der Waals surface area contributed by atoms with E-state index in [2.05, 4.69) is 10.6 Å². The number of aromatic hydroxyl groups is 1. The van der Waals surface area contributed by atoms with E-state index in [4.69, 9.17) is 16.7 Å². The zero-order chi connectivity index (χ0) is 13.5. The Hall–Kier alpha value is -1.30. The Morgan fingerprint density at radius 3 is 2.78 bits per heavy atom. The molecule has 0 aromatic heterocycles. The molecule has 4 N–H and O–H groups in total. The van der Waals surface area contributed by atoms with Crippen LogP contribution in [0.5, 0.6) is 5.75 Å². The highest BCUT2D eigenvalue weighted by Gasteiger charge is 2.10. The molecule has 0 spiro atoms. The fourth-order valence-corrected chi connectivity index (χ4v) is 1.53. The van der Waals surface area contributed by atoms with E-state index in [1.807, 2.05) is 0 Å². The third-order valence-electron chi connectivity index (χ3n) is 2.23. The fraction of sp³-hybridized carbons (Fsp3) is 0.417. The van der Waals surface area contributed by atoms with Crippen LogP contribution < -0.4 is 10.6 Å². The summed E-state index contributed by atoms with van der Waals surface area (Å²) in [6, 6.07) is 4.33. The average Bonchev–Trinajstić information content (AvgIpc) is 2.27. The van der Waals surface area contributed by atoms with Gasteiger partial charge in [0.05, 0.1) is 11.7 Å². The predicted octanol–water partition coefficient (Wildman–Crippen LogP) is 0.746. The van der Waals surface area contributed by atoms with Gasteiger partial charge in [-0.3, -0.25) is 4.79 Å². The number of benzene rings is 1. The lowest BCUT2D eigenvalue weighted by Gasteiger charge is -2.09. The average molecular weight is 273 g/mol. The van der Waals surface area contributed by atoms with Crippen molar-refractivity contribution in [2.45, 2.75) is 13.0 Å². The van der Waals surface area contributed by atoms with Gasteiger partial charge in [0.15, 0.2) is 0 Å². The van der Waals surface area contributed by atoms with E-state index < -0.39 is 6.10 Å². The van der Waals surface area contributed by atoms with Crippen molar-refractivity contribution >= 4 is 17.5 Å². The fourth-order valence-electron chi connectivity index (χ4n) is 1.37. The summed E-state index contributed by atoms with van der Waals surface area (Å²) in [4.78, 5) is 11.7. The molecule has 0 aliphatic rings. The van der Waals surface area contributed by atoms with Crippen LogP contribution in [0.2, 0.25) is 5.02 Å². The summed E-state index contributed by atoms with van der Waals surface area (Å²) in [6.07, 6.45) is -0.416. The Morgan fingerprint density at radius 2 is 2.17 bits per heavy atom. The molecule has 1 aromatic carbocycles. The molecule has 0 aliphatic carbocycles. The summed E-state index contributed by atoms with van der Waals surface area (Å²) >= 11 is 5.67. The van der Waals surface area contributed by atoms with Crippen LogP contribution in [-0.4, -0.2) is 41.9 Å². The van der Waals surface area contributed by atoms with Crippen LogP contribution in [0, 0.1) is 0 Å². The molecule has 0 heterocycles. The first-order valence-corrected chi connectivity index (χ1v) is 6.04. The van der Waals surface area contributed by atoms with Gasteiger partial charge in [-0.1, -0.05) is 11.6 Å². The second-order valence-electron chi connectivity index (χ2n) is 3.97. The van der Waals surface area contributed by atoms with Crippen molar-refractivity contribution in [3.05, 3.63) is 28.8 Å². The minimum absolute atomic E-state index is 0.142. The van der Waals surface area contributed by atoms with Gasteiger partial charge < -0.3 is 20.8 Å². The van der Waals surface area contributed by atoms with Crippen LogP contribution in [0.3, 0.4) is 0 Å². The van der Waals surface area contributed by atoms with Crippen LogP contribution >= 0.6 is 11.6 Å². The van der Waals surface area contributed by atoms with Gasteiger partial charge in [-0.05, 0) is 25.1 Å². The van der Waals surface area contributed by atoms with Gasteiger partial charge in [0, 0.05) is 24.7 Å². The lowest BCUT2D eigenvalue weighted by atomic mass is 10.2. The molecule has 0 fully saturated rings. The normalized spacial score (nSPS) is 12.2. The van der Waals surface area contributed by atoms with E-state index in [1.165, 1.54) is 12.1 Å². The highest BCUT2D eigenvalue weighted by atomic mass is 35.5. The van der Waals surface area contributed by atoms with Crippen molar-refractivity contribution in [2.24, 2.45) is 0 Å². The molecule has 1 aromatic rings.